The number of anilines is 1. The lowest BCUT2D eigenvalue weighted by atomic mass is 10.4. The van der Waals surface area contributed by atoms with Gasteiger partial charge in [-0.15, -0.1) is 10.2 Å². The molecule has 7 nitrogen and oxygen atoms in total. The summed E-state index contributed by atoms with van der Waals surface area (Å²) in [6, 6.07) is 4.10. The molecule has 0 saturated carbocycles. The van der Waals surface area contributed by atoms with Gasteiger partial charge in [0, 0.05) is 5.02 Å². The van der Waals surface area contributed by atoms with Gasteiger partial charge in [-0.3, -0.25) is 9.52 Å². The van der Waals surface area contributed by atoms with Crippen molar-refractivity contribution in [2.75, 3.05) is 17.6 Å². The summed E-state index contributed by atoms with van der Waals surface area (Å²) in [5, 5.41) is 7.81. The van der Waals surface area contributed by atoms with E-state index in [1.165, 1.54) is 25.3 Å². The zero-order valence-corrected chi connectivity index (χ0v) is 15.4. The van der Waals surface area contributed by atoms with Gasteiger partial charge in [-0.05, 0) is 18.2 Å². The fourth-order valence-electron chi connectivity index (χ4n) is 1.34. The van der Waals surface area contributed by atoms with Crippen LogP contribution in [0.4, 0.5) is 5.13 Å². The van der Waals surface area contributed by atoms with E-state index in [0.717, 1.165) is 23.1 Å². The van der Waals surface area contributed by atoms with Crippen molar-refractivity contribution in [3.63, 3.8) is 0 Å². The predicted molar refractivity (Wildman–Crippen MR) is 89.9 cm³/mol. The molecule has 0 radical (unpaired) electrons. The van der Waals surface area contributed by atoms with Crippen LogP contribution in [0.1, 0.15) is 0 Å². The van der Waals surface area contributed by atoms with E-state index in [-0.39, 0.29) is 25.8 Å². The molecular formula is C11H9Cl2N3O4S3. The number of nitrogens with one attached hydrogen (secondary N) is 1. The maximum atomic E-state index is 12.3. The van der Waals surface area contributed by atoms with Gasteiger partial charge in [0.15, 0.2) is 4.34 Å². The van der Waals surface area contributed by atoms with Gasteiger partial charge in [0.05, 0.1) is 17.9 Å². The zero-order chi connectivity index (χ0) is 17.0. The van der Waals surface area contributed by atoms with Gasteiger partial charge in [0.2, 0.25) is 5.13 Å². The summed E-state index contributed by atoms with van der Waals surface area (Å²) in [4.78, 5) is 10.9. The fraction of sp³-hybridized carbons (Fsp3) is 0.182. The van der Waals surface area contributed by atoms with Crippen LogP contribution in [-0.4, -0.2) is 37.4 Å². The third-order valence-corrected chi connectivity index (χ3v) is 6.48. The lowest BCUT2D eigenvalue weighted by Crippen LogP contribution is -2.13. The van der Waals surface area contributed by atoms with Crippen molar-refractivity contribution in [2.24, 2.45) is 0 Å². The Bertz CT molecular complexity index is 826. The first-order chi connectivity index (χ1) is 10.8. The van der Waals surface area contributed by atoms with Gasteiger partial charge in [-0.25, -0.2) is 8.42 Å². The second kappa shape index (κ2) is 7.67. The Balaban J connectivity index is 2.13. The molecule has 0 saturated heterocycles. The molecule has 0 unspecified atom stereocenters. The first-order valence-electron chi connectivity index (χ1n) is 5.83. The lowest BCUT2D eigenvalue weighted by molar-refractivity contribution is -0.137. The van der Waals surface area contributed by atoms with Crippen molar-refractivity contribution >= 4 is 67.4 Å². The maximum absolute atomic E-state index is 12.3. The number of halogens is 2. The van der Waals surface area contributed by atoms with Crippen LogP contribution in [0.2, 0.25) is 10.0 Å². The maximum Gasteiger partial charge on any atom is 0.316 e. The number of esters is 1. The summed E-state index contributed by atoms with van der Waals surface area (Å²) >= 11 is 13.8. The fourth-order valence-corrected chi connectivity index (χ4v) is 4.92. The number of rotatable bonds is 6. The monoisotopic (exact) mass is 413 g/mol. The van der Waals surface area contributed by atoms with E-state index >= 15 is 0 Å². The molecule has 2 rings (SSSR count). The highest BCUT2D eigenvalue weighted by atomic mass is 35.5. The van der Waals surface area contributed by atoms with E-state index in [1.54, 1.807) is 0 Å². The number of methoxy groups -OCH3 is 1. The smallest absolute Gasteiger partial charge is 0.316 e. The molecule has 12 heteroatoms. The van der Waals surface area contributed by atoms with Crippen molar-refractivity contribution in [1.82, 2.24) is 10.2 Å². The molecule has 0 atom stereocenters. The summed E-state index contributed by atoms with van der Waals surface area (Å²) in [5.74, 6) is -0.365. The zero-order valence-electron chi connectivity index (χ0n) is 11.4. The number of ether oxygens (including phenoxy) is 1. The Labute approximate surface area is 150 Å². The van der Waals surface area contributed by atoms with Crippen molar-refractivity contribution in [3.8, 4) is 0 Å². The van der Waals surface area contributed by atoms with Crippen LogP contribution in [0.15, 0.2) is 27.4 Å². The van der Waals surface area contributed by atoms with Crippen LogP contribution in [0.5, 0.6) is 0 Å². The molecule has 1 aromatic heterocycles. The summed E-state index contributed by atoms with van der Waals surface area (Å²) < 4.78 is 31.8. The Morgan fingerprint density at radius 3 is 2.83 bits per heavy atom. The van der Waals surface area contributed by atoms with Crippen LogP contribution < -0.4 is 4.72 Å². The third-order valence-electron chi connectivity index (χ3n) is 2.35. The van der Waals surface area contributed by atoms with Crippen LogP contribution in [0.3, 0.4) is 0 Å². The number of hydrogen-bond acceptors (Lipinski definition) is 8. The minimum atomic E-state index is -3.95. The summed E-state index contributed by atoms with van der Waals surface area (Å²) in [5.41, 5.74) is 0. The third kappa shape index (κ3) is 4.95. The number of hydrogen-bond donors (Lipinski definition) is 1. The second-order valence-corrected chi connectivity index (χ2v) is 8.61. The molecule has 0 aliphatic heterocycles. The van der Waals surface area contributed by atoms with Gasteiger partial charge in [0.1, 0.15) is 4.90 Å². The van der Waals surface area contributed by atoms with E-state index in [0.29, 0.717) is 4.34 Å². The number of thioether (sulfide) groups is 1. The number of carbonyl (C=O) groups excluding carboxylic acids is 1. The Hall–Kier alpha value is -1.07. The van der Waals surface area contributed by atoms with E-state index in [9.17, 15) is 13.2 Å². The van der Waals surface area contributed by atoms with Gasteiger partial charge in [0.25, 0.3) is 10.0 Å². The highest BCUT2D eigenvalue weighted by molar-refractivity contribution is 8.01. The van der Waals surface area contributed by atoms with Gasteiger partial charge < -0.3 is 4.74 Å². The Morgan fingerprint density at radius 1 is 1.39 bits per heavy atom. The summed E-state index contributed by atoms with van der Waals surface area (Å²) in [6.07, 6.45) is 0. The standard InChI is InChI=1S/C11H9Cl2N3O4S3/c1-20-9(17)5-21-11-15-14-10(22-11)16-23(18,19)8-4-6(12)2-3-7(8)13/h2-4H,5H2,1H3,(H,14,16). The molecule has 0 bridgehead atoms. The molecule has 1 N–H and O–H groups in total. The number of nitrogens with zero attached hydrogens (tertiary/aromatic N) is 2. The number of aromatic nitrogens is 2. The molecule has 124 valence electrons. The highest BCUT2D eigenvalue weighted by Gasteiger charge is 2.21. The molecular weight excluding hydrogens is 405 g/mol. The molecule has 0 fully saturated rings. The minimum absolute atomic E-state index is 0.0340. The molecule has 23 heavy (non-hydrogen) atoms. The van der Waals surface area contributed by atoms with Gasteiger partial charge in [-0.2, -0.15) is 0 Å². The van der Waals surface area contributed by atoms with Crippen LogP contribution >= 0.6 is 46.3 Å². The molecule has 0 amide bonds. The van der Waals surface area contributed by atoms with Crippen molar-refractivity contribution in [2.45, 2.75) is 9.24 Å². The van der Waals surface area contributed by atoms with Crippen molar-refractivity contribution < 1.29 is 17.9 Å². The average Bonchev–Trinajstić information content (AvgIpc) is 2.93. The van der Waals surface area contributed by atoms with Gasteiger partial charge in [-0.1, -0.05) is 46.3 Å². The van der Waals surface area contributed by atoms with Gasteiger partial charge >= 0.3 is 5.97 Å². The average molecular weight is 414 g/mol. The Kier molecular flexibility index (Phi) is 6.09. The molecule has 2 aromatic rings. The first-order valence-corrected chi connectivity index (χ1v) is 9.87. The van der Waals surface area contributed by atoms with Crippen LogP contribution in [0, 0.1) is 0 Å². The van der Waals surface area contributed by atoms with E-state index in [2.05, 4.69) is 19.7 Å². The molecule has 1 aromatic carbocycles. The SMILES string of the molecule is COC(=O)CSc1nnc(NS(=O)(=O)c2cc(Cl)ccc2Cl)s1. The minimum Gasteiger partial charge on any atom is -0.468 e. The number of benzene rings is 1. The second-order valence-electron chi connectivity index (χ2n) is 3.92. The first kappa shape index (κ1) is 18.3. The largest absolute Gasteiger partial charge is 0.468 e. The molecule has 0 aliphatic rings. The number of carbonyl (C=O) groups is 1. The predicted octanol–water partition coefficient (Wildman–Crippen LogP) is 2.91. The topological polar surface area (TPSA) is 98.2 Å². The quantitative estimate of drug-likeness (QED) is 0.573. The Morgan fingerprint density at radius 2 is 2.13 bits per heavy atom. The molecule has 0 spiro atoms. The van der Waals surface area contributed by atoms with Crippen LogP contribution in [0.25, 0.3) is 0 Å². The summed E-state index contributed by atoms with van der Waals surface area (Å²) in [6.45, 7) is 0. The molecule has 0 aliphatic carbocycles. The summed E-state index contributed by atoms with van der Waals surface area (Å²) in [7, 11) is -2.67. The van der Waals surface area contributed by atoms with Crippen molar-refractivity contribution in [3.05, 3.63) is 28.2 Å². The van der Waals surface area contributed by atoms with Crippen LogP contribution in [-0.2, 0) is 19.6 Å². The van der Waals surface area contributed by atoms with E-state index in [1.807, 2.05) is 0 Å². The highest BCUT2D eigenvalue weighted by Crippen LogP contribution is 2.30. The normalized spacial score (nSPS) is 11.3. The van der Waals surface area contributed by atoms with E-state index in [4.69, 9.17) is 23.2 Å². The number of sulfonamides is 1. The van der Waals surface area contributed by atoms with E-state index < -0.39 is 16.0 Å². The molecule has 1 heterocycles. The van der Waals surface area contributed by atoms with Crippen molar-refractivity contribution in [1.29, 1.82) is 0 Å². The lowest BCUT2D eigenvalue weighted by Gasteiger charge is -2.06.